The molecule has 36 heavy (non-hydrogen) atoms. The molecule has 0 bridgehead atoms. The van der Waals surface area contributed by atoms with E-state index in [4.69, 9.17) is 44.3 Å². The van der Waals surface area contributed by atoms with Crippen LogP contribution in [0.1, 0.15) is 23.6 Å². The van der Waals surface area contributed by atoms with Gasteiger partial charge in [-0.25, -0.2) is 5.43 Å². The number of allylic oxidation sites excluding steroid dienone is 1. The van der Waals surface area contributed by atoms with Crippen LogP contribution in [0.2, 0.25) is 15.1 Å². The van der Waals surface area contributed by atoms with E-state index >= 15 is 0 Å². The Kier molecular flexibility index (Phi) is 11.0. The third-order valence-corrected chi connectivity index (χ3v) is 6.64. The first-order valence-corrected chi connectivity index (χ1v) is 13.2. The molecule has 9 heteroatoms. The molecular formula is C27H25Cl3N2O3S. The number of hydrazone groups is 1. The van der Waals surface area contributed by atoms with Crippen molar-refractivity contribution in [3.8, 4) is 11.5 Å². The average molecular weight is 564 g/mol. The quantitative estimate of drug-likeness (QED) is 0.107. The van der Waals surface area contributed by atoms with Crippen molar-refractivity contribution in [1.29, 1.82) is 0 Å². The molecule has 0 aliphatic carbocycles. The Labute approximate surface area is 230 Å². The SMILES string of the molecule is C=CCc1cc(/C=N\NC(=O)CSc2ccc(Cl)cc2)cc(OCC)c1OCc1ccc(Cl)cc1Cl. The van der Waals surface area contributed by atoms with Gasteiger partial charge in [-0.3, -0.25) is 4.79 Å². The zero-order valence-corrected chi connectivity index (χ0v) is 22.7. The van der Waals surface area contributed by atoms with E-state index in [1.54, 1.807) is 36.6 Å². The summed E-state index contributed by atoms with van der Waals surface area (Å²) in [5, 5.41) is 5.84. The number of carbonyl (C=O) groups is 1. The van der Waals surface area contributed by atoms with Gasteiger partial charge in [0.05, 0.1) is 18.6 Å². The van der Waals surface area contributed by atoms with Crippen LogP contribution in [0.5, 0.6) is 11.5 Å². The second-order valence-electron chi connectivity index (χ2n) is 7.49. The molecule has 3 aromatic rings. The second kappa shape index (κ2) is 14.2. The van der Waals surface area contributed by atoms with Gasteiger partial charge < -0.3 is 9.47 Å². The van der Waals surface area contributed by atoms with Gasteiger partial charge in [-0.2, -0.15) is 5.10 Å². The summed E-state index contributed by atoms with van der Waals surface area (Å²) < 4.78 is 12.0. The van der Waals surface area contributed by atoms with Crippen molar-refractivity contribution in [3.63, 3.8) is 0 Å². The number of ether oxygens (including phenoxy) is 2. The number of benzene rings is 3. The van der Waals surface area contributed by atoms with E-state index in [1.165, 1.54) is 11.8 Å². The van der Waals surface area contributed by atoms with E-state index < -0.39 is 0 Å². The highest BCUT2D eigenvalue weighted by Crippen LogP contribution is 2.35. The number of carbonyl (C=O) groups excluding carboxylic acids is 1. The molecule has 0 fully saturated rings. The maximum absolute atomic E-state index is 12.2. The van der Waals surface area contributed by atoms with E-state index in [1.807, 2.05) is 37.3 Å². The van der Waals surface area contributed by atoms with Crippen molar-refractivity contribution in [1.82, 2.24) is 5.43 Å². The summed E-state index contributed by atoms with van der Waals surface area (Å²) in [6.07, 6.45) is 3.90. The minimum Gasteiger partial charge on any atom is -0.490 e. The number of halogens is 3. The van der Waals surface area contributed by atoms with Crippen molar-refractivity contribution < 1.29 is 14.3 Å². The summed E-state index contributed by atoms with van der Waals surface area (Å²) in [7, 11) is 0. The topological polar surface area (TPSA) is 59.9 Å². The Hall–Kier alpha value is -2.64. The molecule has 0 aliphatic heterocycles. The van der Waals surface area contributed by atoms with Crippen molar-refractivity contribution in [2.24, 2.45) is 5.10 Å². The van der Waals surface area contributed by atoms with Gasteiger partial charge in [-0.15, -0.1) is 18.3 Å². The largest absolute Gasteiger partial charge is 0.490 e. The van der Waals surface area contributed by atoms with Crippen molar-refractivity contribution in [2.75, 3.05) is 12.4 Å². The van der Waals surface area contributed by atoms with Crippen molar-refractivity contribution >= 4 is 58.7 Å². The van der Waals surface area contributed by atoms with Crippen LogP contribution in [0.25, 0.3) is 0 Å². The summed E-state index contributed by atoms with van der Waals surface area (Å²) in [6, 6.07) is 16.3. The van der Waals surface area contributed by atoms with Crippen LogP contribution in [0.4, 0.5) is 0 Å². The first-order valence-electron chi connectivity index (χ1n) is 11.1. The summed E-state index contributed by atoms with van der Waals surface area (Å²) in [5.74, 6) is 1.17. The zero-order valence-electron chi connectivity index (χ0n) is 19.6. The van der Waals surface area contributed by atoms with Gasteiger partial charge in [-0.05, 0) is 67.4 Å². The molecule has 3 aromatic carbocycles. The Morgan fingerprint density at radius 3 is 2.47 bits per heavy atom. The molecule has 0 radical (unpaired) electrons. The molecule has 0 heterocycles. The molecule has 188 valence electrons. The number of nitrogens with one attached hydrogen (secondary N) is 1. The van der Waals surface area contributed by atoms with Crippen LogP contribution >= 0.6 is 46.6 Å². The number of rotatable bonds is 12. The van der Waals surface area contributed by atoms with Gasteiger partial charge in [0.1, 0.15) is 6.61 Å². The molecule has 5 nitrogen and oxygen atoms in total. The van der Waals surface area contributed by atoms with E-state index in [0.29, 0.717) is 39.6 Å². The fraction of sp³-hybridized carbons (Fsp3) is 0.185. The summed E-state index contributed by atoms with van der Waals surface area (Å²) >= 11 is 19.6. The van der Waals surface area contributed by atoms with Gasteiger partial charge in [0.15, 0.2) is 11.5 Å². The number of amides is 1. The van der Waals surface area contributed by atoms with E-state index in [9.17, 15) is 4.79 Å². The van der Waals surface area contributed by atoms with E-state index in [2.05, 4.69) is 17.1 Å². The number of hydrogen-bond donors (Lipinski definition) is 1. The predicted octanol–water partition coefficient (Wildman–Crippen LogP) is 7.60. The number of nitrogens with zero attached hydrogens (tertiary/aromatic N) is 1. The standard InChI is InChI=1S/C27H25Cl3N2O3S/c1-3-5-19-12-18(15-31-32-26(33)17-36-23-10-8-21(28)9-11-23)13-25(34-4-2)27(19)35-16-20-6-7-22(29)14-24(20)30/h3,6-15H,1,4-5,16-17H2,2H3,(H,32,33)/b31-15-. The van der Waals surface area contributed by atoms with Gasteiger partial charge >= 0.3 is 0 Å². The molecule has 0 saturated heterocycles. The molecule has 1 amide bonds. The normalized spacial score (nSPS) is 10.9. The van der Waals surface area contributed by atoms with Gasteiger partial charge in [-0.1, -0.05) is 46.9 Å². The Bertz CT molecular complexity index is 1230. The molecule has 1 N–H and O–H groups in total. The lowest BCUT2D eigenvalue weighted by molar-refractivity contribution is -0.118. The van der Waals surface area contributed by atoms with Gasteiger partial charge in [0, 0.05) is 31.1 Å². The maximum Gasteiger partial charge on any atom is 0.250 e. The Morgan fingerprint density at radius 2 is 1.78 bits per heavy atom. The number of hydrogen-bond acceptors (Lipinski definition) is 5. The first kappa shape index (κ1) is 27.9. The average Bonchev–Trinajstić information content (AvgIpc) is 2.84. The third-order valence-electron chi connectivity index (χ3n) is 4.79. The Balaban J connectivity index is 1.70. The lowest BCUT2D eigenvalue weighted by Crippen LogP contribution is -2.19. The minimum atomic E-state index is -0.220. The molecule has 0 aromatic heterocycles. The monoisotopic (exact) mass is 562 g/mol. The van der Waals surface area contributed by atoms with Crippen LogP contribution in [0.15, 0.2) is 77.2 Å². The molecule has 0 atom stereocenters. The highest BCUT2D eigenvalue weighted by atomic mass is 35.5. The highest BCUT2D eigenvalue weighted by Gasteiger charge is 2.14. The summed E-state index contributed by atoms with van der Waals surface area (Å²) in [4.78, 5) is 13.1. The van der Waals surface area contributed by atoms with E-state index in [0.717, 1.165) is 21.6 Å². The lowest BCUT2D eigenvalue weighted by atomic mass is 10.1. The van der Waals surface area contributed by atoms with Crippen molar-refractivity contribution in [3.05, 3.63) is 99.0 Å². The second-order valence-corrected chi connectivity index (χ2v) is 9.82. The maximum atomic E-state index is 12.2. The van der Waals surface area contributed by atoms with Crippen LogP contribution in [-0.2, 0) is 17.8 Å². The molecule has 3 rings (SSSR count). The smallest absolute Gasteiger partial charge is 0.250 e. The highest BCUT2D eigenvalue weighted by molar-refractivity contribution is 8.00. The molecule has 0 spiro atoms. The van der Waals surface area contributed by atoms with Crippen LogP contribution < -0.4 is 14.9 Å². The molecule has 0 unspecified atom stereocenters. The van der Waals surface area contributed by atoms with E-state index in [-0.39, 0.29) is 18.3 Å². The lowest BCUT2D eigenvalue weighted by Gasteiger charge is -2.17. The van der Waals surface area contributed by atoms with Crippen LogP contribution in [0, 0.1) is 0 Å². The van der Waals surface area contributed by atoms with Crippen LogP contribution in [-0.4, -0.2) is 24.5 Å². The molecular weight excluding hydrogens is 539 g/mol. The Morgan fingerprint density at radius 1 is 1.03 bits per heavy atom. The predicted molar refractivity (Wildman–Crippen MR) is 150 cm³/mol. The van der Waals surface area contributed by atoms with Crippen LogP contribution in [0.3, 0.4) is 0 Å². The summed E-state index contributed by atoms with van der Waals surface area (Å²) in [6.45, 7) is 6.44. The fourth-order valence-electron chi connectivity index (χ4n) is 3.17. The third kappa shape index (κ3) is 8.49. The summed E-state index contributed by atoms with van der Waals surface area (Å²) in [5.41, 5.74) is 4.97. The fourth-order valence-corrected chi connectivity index (χ4v) is 4.45. The van der Waals surface area contributed by atoms with Gasteiger partial charge in [0.2, 0.25) is 5.91 Å². The first-order chi connectivity index (χ1) is 17.4. The molecule has 0 aliphatic rings. The van der Waals surface area contributed by atoms with Crippen molar-refractivity contribution in [2.45, 2.75) is 24.8 Å². The molecule has 0 saturated carbocycles. The van der Waals surface area contributed by atoms with Gasteiger partial charge in [0.25, 0.3) is 0 Å². The minimum absolute atomic E-state index is 0.220. The number of thioether (sulfide) groups is 1. The zero-order chi connectivity index (χ0) is 25.9.